The molecule has 31 heavy (non-hydrogen) atoms. The first-order valence-corrected chi connectivity index (χ1v) is 11.6. The highest BCUT2D eigenvalue weighted by atomic mass is 79.9. The Balaban J connectivity index is 1.88. The van der Waals surface area contributed by atoms with E-state index < -0.39 is 0 Å². The molecular formula is C23H23BrFNO4S. The molecular weight excluding hydrogens is 485 g/mol. The molecule has 1 saturated heterocycles. The van der Waals surface area contributed by atoms with Gasteiger partial charge in [0.25, 0.3) is 11.1 Å². The predicted molar refractivity (Wildman–Crippen MR) is 124 cm³/mol. The van der Waals surface area contributed by atoms with E-state index in [1.54, 1.807) is 36.4 Å². The van der Waals surface area contributed by atoms with E-state index >= 15 is 0 Å². The van der Waals surface area contributed by atoms with E-state index in [1.807, 2.05) is 20.8 Å². The van der Waals surface area contributed by atoms with Crippen molar-refractivity contribution in [3.05, 3.63) is 62.7 Å². The van der Waals surface area contributed by atoms with Crippen molar-refractivity contribution in [3.8, 4) is 11.5 Å². The fourth-order valence-electron chi connectivity index (χ4n) is 3.03. The Bertz CT molecular complexity index is 1030. The number of rotatable bonds is 8. The van der Waals surface area contributed by atoms with Crippen molar-refractivity contribution in [2.24, 2.45) is 0 Å². The number of carbonyl (C=O) groups excluding carboxylic acids is 2. The lowest BCUT2D eigenvalue weighted by Crippen LogP contribution is -2.36. The number of halogens is 2. The van der Waals surface area contributed by atoms with Crippen molar-refractivity contribution < 1.29 is 23.5 Å². The first kappa shape index (κ1) is 23.3. The zero-order valence-electron chi connectivity index (χ0n) is 17.5. The summed E-state index contributed by atoms with van der Waals surface area (Å²) in [5.74, 6) is 0.263. The molecule has 1 aliphatic heterocycles. The zero-order valence-corrected chi connectivity index (χ0v) is 19.9. The Kier molecular flexibility index (Phi) is 7.78. The van der Waals surface area contributed by atoms with Gasteiger partial charge in [0, 0.05) is 11.6 Å². The average molecular weight is 508 g/mol. The van der Waals surface area contributed by atoms with Crippen LogP contribution >= 0.6 is 27.7 Å². The summed E-state index contributed by atoms with van der Waals surface area (Å²) in [7, 11) is 0. The summed E-state index contributed by atoms with van der Waals surface area (Å²) in [5.41, 5.74) is 1.11. The van der Waals surface area contributed by atoms with Crippen LogP contribution in [0.5, 0.6) is 11.5 Å². The second-order valence-electron chi connectivity index (χ2n) is 6.95. The van der Waals surface area contributed by atoms with Gasteiger partial charge in [0.05, 0.1) is 16.0 Å². The molecule has 1 aliphatic rings. The fourth-order valence-corrected chi connectivity index (χ4v) is 4.54. The maximum atomic E-state index is 13.9. The summed E-state index contributed by atoms with van der Waals surface area (Å²) < 4.78 is 26.1. The van der Waals surface area contributed by atoms with E-state index in [-0.39, 0.29) is 29.6 Å². The van der Waals surface area contributed by atoms with Gasteiger partial charge < -0.3 is 9.47 Å². The second kappa shape index (κ2) is 10.3. The van der Waals surface area contributed by atoms with Gasteiger partial charge in [0.1, 0.15) is 12.4 Å². The van der Waals surface area contributed by atoms with E-state index in [1.165, 1.54) is 11.0 Å². The lowest BCUT2D eigenvalue weighted by atomic mass is 10.1. The SMILES string of the molecule is CCOc1cc(/C=C2/SC(=O)N([C@H](C)CC)C2=O)cc(Br)c1OCc1ccccc1F. The molecule has 2 aromatic carbocycles. The number of nitrogens with zero attached hydrogens (tertiary/aromatic N) is 1. The molecule has 8 heteroatoms. The Morgan fingerprint density at radius 1 is 1.19 bits per heavy atom. The molecule has 0 bridgehead atoms. The minimum atomic E-state index is -0.342. The van der Waals surface area contributed by atoms with Crippen molar-refractivity contribution in [2.75, 3.05) is 6.61 Å². The largest absolute Gasteiger partial charge is 0.490 e. The van der Waals surface area contributed by atoms with E-state index in [0.29, 0.717) is 45.0 Å². The van der Waals surface area contributed by atoms with E-state index in [2.05, 4.69) is 15.9 Å². The molecule has 1 heterocycles. The molecule has 0 aliphatic carbocycles. The van der Waals surface area contributed by atoms with Crippen molar-refractivity contribution >= 4 is 44.9 Å². The highest BCUT2D eigenvalue weighted by Gasteiger charge is 2.37. The lowest BCUT2D eigenvalue weighted by molar-refractivity contribution is -0.124. The number of ether oxygens (including phenoxy) is 2. The Hall–Kier alpha value is -2.32. The number of amides is 2. The molecule has 1 atom stereocenters. The third-order valence-electron chi connectivity index (χ3n) is 4.81. The average Bonchev–Trinajstić information content (AvgIpc) is 3.01. The Labute approximate surface area is 193 Å². The number of carbonyl (C=O) groups is 2. The molecule has 0 N–H and O–H groups in total. The molecule has 0 aromatic heterocycles. The van der Waals surface area contributed by atoms with Crippen molar-refractivity contribution in [2.45, 2.75) is 39.8 Å². The van der Waals surface area contributed by atoms with Crippen LogP contribution in [0.4, 0.5) is 9.18 Å². The maximum Gasteiger partial charge on any atom is 0.293 e. The van der Waals surface area contributed by atoms with Crippen LogP contribution in [-0.2, 0) is 11.4 Å². The summed E-state index contributed by atoms with van der Waals surface area (Å²) >= 11 is 4.41. The number of imide groups is 1. The van der Waals surface area contributed by atoms with Gasteiger partial charge in [-0.3, -0.25) is 14.5 Å². The second-order valence-corrected chi connectivity index (χ2v) is 8.80. The standard InChI is InChI=1S/C23H23BrFNO4S/c1-4-14(3)26-22(27)20(31-23(26)28)12-15-10-17(24)21(19(11-15)29-5-2)30-13-16-8-6-7-9-18(16)25/h6-12,14H,4-5,13H2,1-3H3/b20-12+/t14-/m1/s1. The van der Waals surface area contributed by atoms with E-state index in [0.717, 1.165) is 11.8 Å². The zero-order chi connectivity index (χ0) is 22.5. The minimum Gasteiger partial charge on any atom is -0.490 e. The topological polar surface area (TPSA) is 55.8 Å². The quantitative estimate of drug-likeness (QED) is 0.387. The maximum absolute atomic E-state index is 13.9. The molecule has 0 saturated carbocycles. The van der Waals surface area contributed by atoms with Crippen LogP contribution in [0.3, 0.4) is 0 Å². The first-order chi connectivity index (χ1) is 14.8. The highest BCUT2D eigenvalue weighted by molar-refractivity contribution is 9.10. The molecule has 2 aromatic rings. The third kappa shape index (κ3) is 5.30. The van der Waals surface area contributed by atoms with Gasteiger partial charge in [0.2, 0.25) is 0 Å². The van der Waals surface area contributed by atoms with Crippen LogP contribution in [0.15, 0.2) is 45.8 Å². The van der Waals surface area contributed by atoms with Gasteiger partial charge in [-0.25, -0.2) is 4.39 Å². The lowest BCUT2D eigenvalue weighted by Gasteiger charge is -2.19. The molecule has 5 nitrogen and oxygen atoms in total. The molecule has 3 rings (SSSR count). The van der Waals surface area contributed by atoms with Gasteiger partial charge in [0.15, 0.2) is 11.5 Å². The molecule has 0 radical (unpaired) electrons. The van der Waals surface area contributed by atoms with Gasteiger partial charge in [-0.05, 0) is 77.8 Å². The molecule has 2 amide bonds. The number of thioether (sulfide) groups is 1. The van der Waals surface area contributed by atoms with Crippen LogP contribution in [0.25, 0.3) is 6.08 Å². The van der Waals surface area contributed by atoms with Crippen LogP contribution in [0.1, 0.15) is 38.3 Å². The van der Waals surface area contributed by atoms with Crippen molar-refractivity contribution in [3.63, 3.8) is 0 Å². The van der Waals surface area contributed by atoms with Crippen LogP contribution in [0, 0.1) is 5.82 Å². The minimum absolute atomic E-state index is 0.0402. The monoisotopic (exact) mass is 507 g/mol. The van der Waals surface area contributed by atoms with Gasteiger partial charge >= 0.3 is 0 Å². The first-order valence-electron chi connectivity index (χ1n) is 9.95. The molecule has 164 valence electrons. The van der Waals surface area contributed by atoms with Crippen molar-refractivity contribution in [1.29, 1.82) is 0 Å². The smallest absolute Gasteiger partial charge is 0.293 e. The summed E-state index contributed by atoms with van der Waals surface area (Å²) in [5, 5.41) is -0.264. The van der Waals surface area contributed by atoms with Gasteiger partial charge in [-0.1, -0.05) is 25.1 Å². The Morgan fingerprint density at radius 2 is 1.94 bits per heavy atom. The van der Waals surface area contributed by atoms with Crippen molar-refractivity contribution in [1.82, 2.24) is 4.90 Å². The number of hydrogen-bond acceptors (Lipinski definition) is 5. The fraction of sp³-hybridized carbons (Fsp3) is 0.304. The van der Waals surface area contributed by atoms with E-state index in [4.69, 9.17) is 9.47 Å². The summed E-state index contributed by atoms with van der Waals surface area (Å²) in [6.07, 6.45) is 2.36. The molecule has 0 unspecified atom stereocenters. The van der Waals surface area contributed by atoms with E-state index in [9.17, 15) is 14.0 Å². The summed E-state index contributed by atoms with van der Waals surface area (Å²) in [6, 6.07) is 9.77. The van der Waals surface area contributed by atoms with Gasteiger partial charge in [-0.15, -0.1) is 0 Å². The van der Waals surface area contributed by atoms with Gasteiger partial charge in [-0.2, -0.15) is 0 Å². The third-order valence-corrected chi connectivity index (χ3v) is 6.29. The predicted octanol–water partition coefficient (Wildman–Crippen LogP) is 6.40. The molecule has 0 spiro atoms. The van der Waals surface area contributed by atoms with Crippen LogP contribution in [0.2, 0.25) is 0 Å². The molecule has 1 fully saturated rings. The Morgan fingerprint density at radius 3 is 2.61 bits per heavy atom. The number of hydrogen-bond donors (Lipinski definition) is 0. The van der Waals surface area contributed by atoms with Crippen LogP contribution in [-0.4, -0.2) is 28.7 Å². The number of benzene rings is 2. The van der Waals surface area contributed by atoms with Crippen LogP contribution < -0.4 is 9.47 Å². The normalized spacial score (nSPS) is 16.2. The summed E-state index contributed by atoms with van der Waals surface area (Å²) in [4.78, 5) is 26.6. The summed E-state index contributed by atoms with van der Waals surface area (Å²) in [6.45, 7) is 6.07. The highest BCUT2D eigenvalue weighted by Crippen LogP contribution is 2.40.